The van der Waals surface area contributed by atoms with E-state index in [0.717, 1.165) is 32.8 Å². The minimum absolute atomic E-state index is 0.276. The van der Waals surface area contributed by atoms with Crippen LogP contribution >= 0.6 is 0 Å². The molecule has 0 radical (unpaired) electrons. The Labute approximate surface area is 94.2 Å². The van der Waals surface area contributed by atoms with Gasteiger partial charge in [0.1, 0.15) is 0 Å². The van der Waals surface area contributed by atoms with Gasteiger partial charge in [-0.1, -0.05) is 6.92 Å². The Bertz CT molecular complexity index is 182. The topological polar surface area (TPSA) is 24.5 Å². The van der Waals surface area contributed by atoms with Crippen LogP contribution in [0, 0.1) is 0 Å². The normalized spacial score (nSPS) is 24.4. The SMILES string of the molecule is CCC(C)(C)NCCN1CCOC(C)C1. The van der Waals surface area contributed by atoms with E-state index in [1.54, 1.807) is 0 Å². The maximum absolute atomic E-state index is 5.51. The molecule has 15 heavy (non-hydrogen) atoms. The number of nitrogens with one attached hydrogen (secondary N) is 1. The van der Waals surface area contributed by atoms with Crippen LogP contribution in [0.2, 0.25) is 0 Å². The second-order valence-corrected chi connectivity index (χ2v) is 5.15. The Hall–Kier alpha value is -0.120. The molecule has 3 nitrogen and oxygen atoms in total. The Kier molecular flexibility index (Phi) is 5.03. The van der Waals surface area contributed by atoms with Crippen LogP contribution in [-0.4, -0.2) is 49.3 Å². The van der Waals surface area contributed by atoms with Gasteiger partial charge in [-0.05, 0) is 27.2 Å². The van der Waals surface area contributed by atoms with Crippen LogP contribution in [0.15, 0.2) is 0 Å². The van der Waals surface area contributed by atoms with E-state index in [1.165, 1.54) is 6.42 Å². The zero-order chi connectivity index (χ0) is 11.3. The lowest BCUT2D eigenvalue weighted by Gasteiger charge is -2.32. The van der Waals surface area contributed by atoms with Gasteiger partial charge in [-0.25, -0.2) is 0 Å². The number of rotatable bonds is 5. The molecule has 1 unspecified atom stereocenters. The van der Waals surface area contributed by atoms with Gasteiger partial charge in [-0.3, -0.25) is 4.90 Å². The highest BCUT2D eigenvalue weighted by Crippen LogP contribution is 2.07. The fraction of sp³-hybridized carbons (Fsp3) is 1.00. The van der Waals surface area contributed by atoms with Crippen molar-refractivity contribution >= 4 is 0 Å². The summed E-state index contributed by atoms with van der Waals surface area (Å²) in [4.78, 5) is 2.48. The standard InChI is InChI=1S/C12H26N2O/c1-5-12(3,4)13-6-7-14-8-9-15-11(2)10-14/h11,13H,5-10H2,1-4H3. The number of hydrogen-bond acceptors (Lipinski definition) is 3. The van der Waals surface area contributed by atoms with E-state index in [4.69, 9.17) is 4.74 Å². The van der Waals surface area contributed by atoms with Crippen LogP contribution in [0.1, 0.15) is 34.1 Å². The van der Waals surface area contributed by atoms with Crippen molar-refractivity contribution in [3.63, 3.8) is 0 Å². The lowest BCUT2D eigenvalue weighted by atomic mass is 10.0. The zero-order valence-electron chi connectivity index (χ0n) is 10.7. The molecule has 3 heteroatoms. The monoisotopic (exact) mass is 214 g/mol. The molecule has 1 aliphatic heterocycles. The van der Waals surface area contributed by atoms with E-state index in [1.807, 2.05) is 0 Å². The first-order chi connectivity index (χ1) is 7.03. The highest BCUT2D eigenvalue weighted by Gasteiger charge is 2.17. The highest BCUT2D eigenvalue weighted by atomic mass is 16.5. The Morgan fingerprint density at radius 2 is 2.20 bits per heavy atom. The van der Waals surface area contributed by atoms with Crippen molar-refractivity contribution in [1.82, 2.24) is 10.2 Å². The highest BCUT2D eigenvalue weighted by molar-refractivity contribution is 4.76. The third kappa shape index (κ3) is 4.96. The van der Waals surface area contributed by atoms with Crippen LogP contribution in [0.4, 0.5) is 0 Å². The van der Waals surface area contributed by atoms with Gasteiger partial charge in [0.05, 0.1) is 12.7 Å². The summed E-state index contributed by atoms with van der Waals surface area (Å²) < 4.78 is 5.51. The van der Waals surface area contributed by atoms with Crippen molar-refractivity contribution in [2.75, 3.05) is 32.8 Å². The van der Waals surface area contributed by atoms with Crippen molar-refractivity contribution in [2.24, 2.45) is 0 Å². The predicted octanol–water partition coefficient (Wildman–Crippen LogP) is 1.49. The molecule has 1 N–H and O–H groups in total. The summed E-state index contributed by atoms with van der Waals surface area (Å²) in [6.45, 7) is 14.2. The van der Waals surface area contributed by atoms with Gasteiger partial charge in [0, 0.05) is 31.7 Å². The molecule has 90 valence electrons. The molecule has 0 spiro atoms. The summed E-state index contributed by atoms with van der Waals surface area (Å²) in [7, 11) is 0. The van der Waals surface area contributed by atoms with E-state index in [-0.39, 0.29) is 5.54 Å². The molecule has 0 bridgehead atoms. The molecule has 1 atom stereocenters. The van der Waals surface area contributed by atoms with Crippen molar-refractivity contribution in [2.45, 2.75) is 45.8 Å². The molecule has 1 heterocycles. The van der Waals surface area contributed by atoms with E-state index >= 15 is 0 Å². The van der Waals surface area contributed by atoms with Gasteiger partial charge >= 0.3 is 0 Å². The molecule has 1 rings (SSSR count). The third-order valence-electron chi connectivity index (χ3n) is 3.24. The second kappa shape index (κ2) is 5.83. The summed E-state index contributed by atoms with van der Waals surface area (Å²) in [5, 5.41) is 3.59. The number of nitrogens with zero attached hydrogens (tertiary/aromatic N) is 1. The maximum atomic E-state index is 5.51. The van der Waals surface area contributed by atoms with Gasteiger partial charge in [0.25, 0.3) is 0 Å². The molecule has 0 saturated carbocycles. The van der Waals surface area contributed by atoms with Gasteiger partial charge in [0.15, 0.2) is 0 Å². The van der Waals surface area contributed by atoms with Gasteiger partial charge < -0.3 is 10.1 Å². The lowest BCUT2D eigenvalue weighted by Crippen LogP contribution is -2.47. The molecule has 0 aliphatic carbocycles. The summed E-state index contributed by atoms with van der Waals surface area (Å²) in [5.74, 6) is 0. The minimum atomic E-state index is 0.276. The molecule has 1 saturated heterocycles. The van der Waals surface area contributed by atoms with E-state index in [0.29, 0.717) is 6.10 Å². The largest absolute Gasteiger partial charge is 0.376 e. The first-order valence-electron chi connectivity index (χ1n) is 6.12. The summed E-state index contributed by atoms with van der Waals surface area (Å²) in [5.41, 5.74) is 0.276. The van der Waals surface area contributed by atoms with Gasteiger partial charge in [-0.15, -0.1) is 0 Å². The van der Waals surface area contributed by atoms with E-state index < -0.39 is 0 Å². The van der Waals surface area contributed by atoms with Crippen molar-refractivity contribution in [3.05, 3.63) is 0 Å². The molecule has 0 aromatic carbocycles. The Morgan fingerprint density at radius 3 is 2.80 bits per heavy atom. The first kappa shape index (κ1) is 12.9. The van der Waals surface area contributed by atoms with Crippen molar-refractivity contribution in [1.29, 1.82) is 0 Å². The van der Waals surface area contributed by atoms with Crippen LogP contribution in [0.3, 0.4) is 0 Å². The third-order valence-corrected chi connectivity index (χ3v) is 3.24. The van der Waals surface area contributed by atoms with E-state index in [9.17, 15) is 0 Å². The zero-order valence-corrected chi connectivity index (χ0v) is 10.7. The summed E-state index contributed by atoms with van der Waals surface area (Å²) in [6.07, 6.45) is 1.57. The first-order valence-corrected chi connectivity index (χ1v) is 6.12. The van der Waals surface area contributed by atoms with E-state index in [2.05, 4.69) is 37.9 Å². The maximum Gasteiger partial charge on any atom is 0.0674 e. The molecule has 1 fully saturated rings. The summed E-state index contributed by atoms with van der Waals surface area (Å²) >= 11 is 0. The number of morpholine rings is 1. The van der Waals surface area contributed by atoms with Crippen molar-refractivity contribution < 1.29 is 4.74 Å². The number of hydrogen-bond donors (Lipinski definition) is 1. The van der Waals surface area contributed by atoms with Crippen LogP contribution in [0.25, 0.3) is 0 Å². The molecular formula is C12H26N2O. The van der Waals surface area contributed by atoms with Crippen LogP contribution < -0.4 is 5.32 Å². The van der Waals surface area contributed by atoms with Gasteiger partial charge in [-0.2, -0.15) is 0 Å². The molecule has 0 aromatic heterocycles. The average Bonchev–Trinajstić information content (AvgIpc) is 2.18. The Balaban J connectivity index is 2.14. The minimum Gasteiger partial charge on any atom is -0.376 e. The van der Waals surface area contributed by atoms with Gasteiger partial charge in [0.2, 0.25) is 0 Å². The summed E-state index contributed by atoms with van der Waals surface area (Å²) in [6, 6.07) is 0. The fourth-order valence-corrected chi connectivity index (χ4v) is 1.77. The second-order valence-electron chi connectivity index (χ2n) is 5.15. The quantitative estimate of drug-likeness (QED) is 0.750. The fourth-order valence-electron chi connectivity index (χ4n) is 1.77. The number of ether oxygens (including phenoxy) is 1. The molecule has 1 aliphatic rings. The van der Waals surface area contributed by atoms with Crippen molar-refractivity contribution in [3.8, 4) is 0 Å². The molecule has 0 amide bonds. The van der Waals surface area contributed by atoms with Crippen LogP contribution in [0.5, 0.6) is 0 Å². The molecule has 0 aromatic rings. The lowest BCUT2D eigenvalue weighted by molar-refractivity contribution is -0.0180. The molecular weight excluding hydrogens is 188 g/mol. The predicted molar refractivity (Wildman–Crippen MR) is 64.2 cm³/mol. The Morgan fingerprint density at radius 1 is 1.47 bits per heavy atom. The van der Waals surface area contributed by atoms with Crippen LogP contribution in [-0.2, 0) is 4.74 Å². The average molecular weight is 214 g/mol. The smallest absolute Gasteiger partial charge is 0.0674 e.